The Labute approximate surface area is 100 Å². The third kappa shape index (κ3) is 1.38. The van der Waals surface area contributed by atoms with Crippen molar-refractivity contribution in [1.29, 1.82) is 0 Å². The third-order valence-corrected chi connectivity index (χ3v) is 3.33. The van der Waals surface area contributed by atoms with Crippen molar-refractivity contribution in [3.05, 3.63) is 46.0 Å². The van der Waals surface area contributed by atoms with Crippen LogP contribution in [0.5, 0.6) is 0 Å². The molecule has 2 aromatic carbocycles. The molecule has 3 aromatic rings. The Morgan fingerprint density at radius 1 is 0.800 bits per heavy atom. The van der Waals surface area contributed by atoms with Crippen molar-refractivity contribution in [1.82, 2.24) is 10.2 Å². The summed E-state index contributed by atoms with van der Waals surface area (Å²) in [4.78, 5) is 0. The molecule has 3 heteroatoms. The number of rotatable bonds is 0. The van der Waals surface area contributed by atoms with Crippen molar-refractivity contribution in [2.45, 2.75) is 0 Å². The molecule has 0 spiro atoms. The third-order valence-electron chi connectivity index (χ3n) is 2.43. The second-order valence-corrected chi connectivity index (χ2v) is 4.51. The summed E-state index contributed by atoms with van der Waals surface area (Å²) in [6.45, 7) is 0. The maximum atomic E-state index is 4.22. The molecule has 0 amide bonds. The van der Waals surface area contributed by atoms with Gasteiger partial charge in [-0.3, -0.25) is 0 Å². The van der Waals surface area contributed by atoms with Crippen LogP contribution in [0.2, 0.25) is 0 Å². The lowest BCUT2D eigenvalue weighted by molar-refractivity contribution is 1.12. The van der Waals surface area contributed by atoms with Gasteiger partial charge in [-0.05, 0) is 40.8 Å². The average molecular weight is 306 g/mol. The molecule has 0 aliphatic heterocycles. The topological polar surface area (TPSA) is 25.8 Å². The molecule has 72 valence electrons. The van der Waals surface area contributed by atoms with E-state index in [2.05, 4.69) is 44.9 Å². The van der Waals surface area contributed by atoms with E-state index in [-0.39, 0.29) is 0 Å². The first-order valence-electron chi connectivity index (χ1n) is 4.66. The normalized spacial score (nSPS) is 11.0. The van der Waals surface area contributed by atoms with Crippen LogP contribution in [0.1, 0.15) is 0 Å². The van der Waals surface area contributed by atoms with Gasteiger partial charge in [-0.2, -0.15) is 0 Å². The van der Waals surface area contributed by atoms with Crippen LogP contribution >= 0.6 is 22.6 Å². The summed E-state index contributed by atoms with van der Waals surface area (Å²) >= 11 is 2.34. The number of halogens is 1. The lowest BCUT2D eigenvalue weighted by atomic mass is 10.1. The quantitative estimate of drug-likeness (QED) is 0.470. The minimum atomic E-state index is 0.953. The van der Waals surface area contributed by atoms with E-state index in [9.17, 15) is 0 Å². The van der Waals surface area contributed by atoms with Gasteiger partial charge in [-0.1, -0.05) is 24.3 Å². The Kier molecular flexibility index (Phi) is 2.05. The molecule has 0 fully saturated rings. The first kappa shape index (κ1) is 9.03. The van der Waals surface area contributed by atoms with Gasteiger partial charge in [0, 0.05) is 14.3 Å². The van der Waals surface area contributed by atoms with Crippen LogP contribution in [0, 0.1) is 3.57 Å². The molecule has 3 rings (SSSR count). The molecule has 0 aliphatic carbocycles. The summed E-state index contributed by atoms with van der Waals surface area (Å²) < 4.78 is 1.22. The smallest absolute Gasteiger partial charge is 0.0946 e. The molecular weight excluding hydrogens is 299 g/mol. The number of aromatic nitrogens is 2. The molecule has 0 bridgehead atoms. The molecule has 0 unspecified atom stereocenters. The highest BCUT2D eigenvalue weighted by atomic mass is 127. The standard InChI is InChI=1S/C12H7IN2/c13-9-5-3-7-11-12(9)8-4-1-2-6-10(8)14-15-11/h1-7H. The highest BCUT2D eigenvalue weighted by Crippen LogP contribution is 2.25. The van der Waals surface area contributed by atoms with Gasteiger partial charge in [0.1, 0.15) is 0 Å². The maximum absolute atomic E-state index is 4.22. The fourth-order valence-corrected chi connectivity index (χ4v) is 2.52. The van der Waals surface area contributed by atoms with E-state index in [1.54, 1.807) is 0 Å². The predicted molar refractivity (Wildman–Crippen MR) is 69.8 cm³/mol. The summed E-state index contributed by atoms with van der Waals surface area (Å²) in [5, 5.41) is 10.8. The lowest BCUT2D eigenvalue weighted by Crippen LogP contribution is -1.88. The minimum absolute atomic E-state index is 0.953. The summed E-state index contributed by atoms with van der Waals surface area (Å²) in [5.74, 6) is 0. The predicted octanol–water partition coefficient (Wildman–Crippen LogP) is 3.39. The van der Waals surface area contributed by atoms with Gasteiger partial charge < -0.3 is 0 Å². The lowest BCUT2D eigenvalue weighted by Gasteiger charge is -2.03. The van der Waals surface area contributed by atoms with E-state index in [4.69, 9.17) is 0 Å². The molecule has 0 saturated heterocycles. The number of hydrogen-bond acceptors (Lipinski definition) is 2. The second-order valence-electron chi connectivity index (χ2n) is 3.35. The molecule has 1 heterocycles. The summed E-state index contributed by atoms with van der Waals surface area (Å²) in [6.07, 6.45) is 0. The van der Waals surface area contributed by atoms with Gasteiger partial charge in [0.05, 0.1) is 11.0 Å². The SMILES string of the molecule is Ic1cccc2nnc3ccccc3c12. The van der Waals surface area contributed by atoms with Gasteiger partial charge in [-0.15, -0.1) is 10.2 Å². The summed E-state index contributed by atoms with van der Waals surface area (Å²) in [5.41, 5.74) is 1.91. The fraction of sp³-hybridized carbons (Fsp3) is 0. The van der Waals surface area contributed by atoms with Crippen LogP contribution in [0.25, 0.3) is 21.8 Å². The first-order chi connectivity index (χ1) is 7.36. The van der Waals surface area contributed by atoms with E-state index in [0.29, 0.717) is 0 Å². The minimum Gasteiger partial charge on any atom is -0.150 e. The van der Waals surface area contributed by atoms with Gasteiger partial charge in [0.2, 0.25) is 0 Å². The van der Waals surface area contributed by atoms with Crippen molar-refractivity contribution in [2.24, 2.45) is 0 Å². The second kappa shape index (κ2) is 3.41. The van der Waals surface area contributed by atoms with Crippen LogP contribution in [0.4, 0.5) is 0 Å². The molecule has 0 atom stereocenters. The van der Waals surface area contributed by atoms with Crippen molar-refractivity contribution in [3.8, 4) is 0 Å². The number of benzene rings is 2. The van der Waals surface area contributed by atoms with Crippen molar-refractivity contribution in [2.75, 3.05) is 0 Å². The molecule has 0 saturated carbocycles. The molecule has 0 N–H and O–H groups in total. The van der Waals surface area contributed by atoms with Gasteiger partial charge in [0.15, 0.2) is 0 Å². The highest BCUT2D eigenvalue weighted by Gasteiger charge is 2.04. The molecular formula is C12H7IN2. The monoisotopic (exact) mass is 306 g/mol. The van der Waals surface area contributed by atoms with Crippen LogP contribution in [0.3, 0.4) is 0 Å². The Bertz CT molecular complexity index is 649. The van der Waals surface area contributed by atoms with E-state index < -0.39 is 0 Å². The van der Waals surface area contributed by atoms with Gasteiger partial charge in [0.25, 0.3) is 0 Å². The van der Waals surface area contributed by atoms with Crippen LogP contribution in [0.15, 0.2) is 42.5 Å². The average Bonchev–Trinajstić information content (AvgIpc) is 2.29. The molecule has 2 nitrogen and oxygen atoms in total. The number of nitrogens with zero attached hydrogens (tertiary/aromatic N) is 2. The van der Waals surface area contributed by atoms with Crippen molar-refractivity contribution >= 4 is 44.4 Å². The van der Waals surface area contributed by atoms with Crippen molar-refractivity contribution < 1.29 is 0 Å². The Hall–Kier alpha value is -1.23. The van der Waals surface area contributed by atoms with Gasteiger partial charge >= 0.3 is 0 Å². The van der Waals surface area contributed by atoms with E-state index in [1.165, 1.54) is 14.3 Å². The van der Waals surface area contributed by atoms with Crippen LogP contribution < -0.4 is 0 Å². The van der Waals surface area contributed by atoms with Crippen LogP contribution in [-0.2, 0) is 0 Å². The zero-order valence-electron chi connectivity index (χ0n) is 7.81. The zero-order chi connectivity index (χ0) is 10.3. The van der Waals surface area contributed by atoms with E-state index >= 15 is 0 Å². The number of hydrogen-bond donors (Lipinski definition) is 0. The Balaban J connectivity index is 2.64. The summed E-state index contributed by atoms with van der Waals surface area (Å²) in [7, 11) is 0. The maximum Gasteiger partial charge on any atom is 0.0946 e. The number of fused-ring (bicyclic) bond motifs is 3. The first-order valence-corrected chi connectivity index (χ1v) is 5.74. The Morgan fingerprint density at radius 2 is 1.53 bits per heavy atom. The van der Waals surface area contributed by atoms with Crippen molar-refractivity contribution in [3.63, 3.8) is 0 Å². The zero-order valence-corrected chi connectivity index (χ0v) is 9.97. The molecule has 0 radical (unpaired) electrons. The Morgan fingerprint density at radius 3 is 2.47 bits per heavy atom. The summed E-state index contributed by atoms with van der Waals surface area (Å²) in [6, 6.07) is 14.2. The highest BCUT2D eigenvalue weighted by molar-refractivity contribution is 14.1. The molecule has 1 aromatic heterocycles. The fourth-order valence-electron chi connectivity index (χ4n) is 1.74. The molecule has 0 aliphatic rings. The van der Waals surface area contributed by atoms with Gasteiger partial charge in [-0.25, -0.2) is 0 Å². The van der Waals surface area contributed by atoms with E-state index in [0.717, 1.165) is 11.0 Å². The largest absolute Gasteiger partial charge is 0.150 e. The molecule has 15 heavy (non-hydrogen) atoms. The van der Waals surface area contributed by atoms with E-state index in [1.807, 2.05) is 30.3 Å². The van der Waals surface area contributed by atoms with Crippen LogP contribution in [-0.4, -0.2) is 10.2 Å².